The first-order valence-corrected chi connectivity index (χ1v) is 8.93. The Morgan fingerprint density at radius 3 is 2.41 bits per heavy atom. The third-order valence-electron chi connectivity index (χ3n) is 3.64. The van der Waals surface area contributed by atoms with Crippen molar-refractivity contribution in [1.29, 1.82) is 0 Å². The highest BCUT2D eigenvalue weighted by atomic mass is 32.1. The molecule has 0 aliphatic heterocycles. The molecule has 1 heterocycles. The number of benzene rings is 2. The number of nitrogens with one attached hydrogen (secondary N) is 2. The van der Waals surface area contributed by atoms with Crippen LogP contribution in [0.3, 0.4) is 0 Å². The minimum Gasteiger partial charge on any atom is -0.375 e. The first kappa shape index (κ1) is 18.8. The Kier molecular flexibility index (Phi) is 5.95. The van der Waals surface area contributed by atoms with Crippen LogP contribution in [0.15, 0.2) is 60.7 Å². The smallest absolute Gasteiger partial charge is 0.265 e. The van der Waals surface area contributed by atoms with Crippen LogP contribution in [-0.4, -0.2) is 25.5 Å². The molecule has 5 nitrogen and oxygen atoms in total. The van der Waals surface area contributed by atoms with E-state index in [2.05, 4.69) is 10.6 Å². The molecule has 2 amide bonds. The van der Waals surface area contributed by atoms with Gasteiger partial charge in [0.1, 0.15) is 12.4 Å². The average molecular weight is 384 g/mol. The summed E-state index contributed by atoms with van der Waals surface area (Å²) in [6.07, 6.45) is 0. The highest BCUT2D eigenvalue weighted by Gasteiger charge is 2.11. The molecule has 0 bridgehead atoms. The van der Waals surface area contributed by atoms with Gasteiger partial charge in [0.2, 0.25) is 5.91 Å². The number of hydrogen-bond acceptors (Lipinski definition) is 4. The zero-order chi connectivity index (χ0) is 19.2. The molecule has 2 N–H and O–H groups in total. The van der Waals surface area contributed by atoms with E-state index in [1.807, 2.05) is 6.07 Å². The fourth-order valence-electron chi connectivity index (χ4n) is 2.42. The number of carbonyl (C=O) groups is 2. The van der Waals surface area contributed by atoms with Gasteiger partial charge in [-0.05, 0) is 48.0 Å². The predicted octanol–water partition coefficient (Wildman–Crippen LogP) is 4.39. The van der Waals surface area contributed by atoms with Crippen LogP contribution < -0.4 is 10.6 Å². The average Bonchev–Trinajstić information content (AvgIpc) is 3.13. The lowest BCUT2D eigenvalue weighted by Gasteiger charge is -2.08. The summed E-state index contributed by atoms with van der Waals surface area (Å²) in [5.74, 6) is -0.831. The monoisotopic (exact) mass is 384 g/mol. The summed E-state index contributed by atoms with van der Waals surface area (Å²) in [5.41, 5.74) is 1.98. The lowest BCUT2D eigenvalue weighted by atomic mass is 10.2. The Hall–Kier alpha value is -3.03. The van der Waals surface area contributed by atoms with Gasteiger partial charge in [0.15, 0.2) is 0 Å². The first-order chi connectivity index (χ1) is 13.0. The van der Waals surface area contributed by atoms with E-state index in [0.29, 0.717) is 16.3 Å². The molecule has 0 fully saturated rings. The molecule has 0 unspecified atom stereocenters. The number of rotatable bonds is 6. The zero-order valence-corrected chi connectivity index (χ0v) is 15.3. The van der Waals surface area contributed by atoms with Crippen LogP contribution in [0.1, 0.15) is 9.67 Å². The molecular weight excluding hydrogens is 367 g/mol. The van der Waals surface area contributed by atoms with Gasteiger partial charge >= 0.3 is 0 Å². The van der Waals surface area contributed by atoms with Gasteiger partial charge in [-0.15, -0.1) is 11.3 Å². The number of amides is 2. The van der Waals surface area contributed by atoms with Crippen LogP contribution in [-0.2, 0) is 9.53 Å². The Balaban J connectivity index is 1.69. The number of hydrogen-bond donors (Lipinski definition) is 2. The molecule has 0 saturated heterocycles. The molecule has 2 aromatic carbocycles. The van der Waals surface area contributed by atoms with E-state index < -0.39 is 0 Å². The maximum Gasteiger partial charge on any atom is 0.265 e. The molecule has 138 valence electrons. The van der Waals surface area contributed by atoms with Gasteiger partial charge in [0, 0.05) is 23.4 Å². The van der Waals surface area contributed by atoms with Crippen LogP contribution in [0.2, 0.25) is 0 Å². The Morgan fingerprint density at radius 1 is 1.00 bits per heavy atom. The summed E-state index contributed by atoms with van der Waals surface area (Å²) in [7, 11) is 1.44. The molecule has 7 heteroatoms. The second kappa shape index (κ2) is 8.57. The van der Waals surface area contributed by atoms with Crippen molar-refractivity contribution >= 4 is 34.5 Å². The van der Waals surface area contributed by atoms with Crippen molar-refractivity contribution in [2.24, 2.45) is 0 Å². The highest BCUT2D eigenvalue weighted by Crippen LogP contribution is 2.29. The standard InChI is InChI=1S/C20H17FN2O3S/c1-26-12-19(24)22-15-3-2-4-16(11-15)23-20(25)18-10-9-17(27-18)13-5-7-14(21)8-6-13/h2-11H,12H2,1H3,(H,22,24)(H,23,25). The van der Waals surface area contributed by atoms with Crippen molar-refractivity contribution in [3.8, 4) is 10.4 Å². The number of methoxy groups -OCH3 is 1. The normalized spacial score (nSPS) is 10.4. The summed E-state index contributed by atoms with van der Waals surface area (Å²) >= 11 is 1.32. The van der Waals surface area contributed by atoms with E-state index in [9.17, 15) is 14.0 Å². The molecule has 0 radical (unpaired) electrons. The van der Waals surface area contributed by atoms with Gasteiger partial charge in [-0.25, -0.2) is 4.39 Å². The Labute approximate surface area is 159 Å². The second-order valence-electron chi connectivity index (χ2n) is 5.69. The molecule has 0 saturated carbocycles. The Bertz CT molecular complexity index is 954. The van der Waals surface area contributed by atoms with Gasteiger partial charge in [-0.3, -0.25) is 9.59 Å². The maximum absolute atomic E-state index is 13.0. The summed E-state index contributed by atoms with van der Waals surface area (Å²) < 4.78 is 17.8. The molecule has 27 heavy (non-hydrogen) atoms. The van der Waals surface area contributed by atoms with Crippen molar-refractivity contribution in [3.05, 3.63) is 71.4 Å². The topological polar surface area (TPSA) is 67.4 Å². The van der Waals surface area contributed by atoms with E-state index in [1.165, 1.54) is 30.6 Å². The Morgan fingerprint density at radius 2 is 1.70 bits per heavy atom. The number of anilines is 2. The number of carbonyl (C=O) groups excluding carboxylic acids is 2. The summed E-state index contributed by atoms with van der Waals surface area (Å²) in [6.45, 7) is -0.0437. The SMILES string of the molecule is COCC(=O)Nc1cccc(NC(=O)c2ccc(-c3ccc(F)cc3)s2)c1. The molecule has 3 aromatic rings. The minimum absolute atomic E-state index is 0.0437. The van der Waals surface area contributed by atoms with Gasteiger partial charge in [-0.2, -0.15) is 0 Å². The third kappa shape index (κ3) is 4.99. The molecule has 0 spiro atoms. The first-order valence-electron chi connectivity index (χ1n) is 8.11. The van der Waals surface area contributed by atoms with Gasteiger partial charge in [0.05, 0.1) is 4.88 Å². The second-order valence-corrected chi connectivity index (χ2v) is 6.77. The van der Waals surface area contributed by atoms with E-state index >= 15 is 0 Å². The molecule has 3 rings (SSSR count). The number of thiophene rings is 1. The summed E-state index contributed by atoms with van der Waals surface area (Å²) in [4.78, 5) is 25.5. The van der Waals surface area contributed by atoms with Crippen LogP contribution in [0.4, 0.5) is 15.8 Å². The van der Waals surface area contributed by atoms with Crippen molar-refractivity contribution in [1.82, 2.24) is 0 Å². The highest BCUT2D eigenvalue weighted by molar-refractivity contribution is 7.17. The van der Waals surface area contributed by atoms with E-state index in [-0.39, 0.29) is 24.2 Å². The van der Waals surface area contributed by atoms with Crippen LogP contribution in [0, 0.1) is 5.82 Å². The molecular formula is C20H17FN2O3S. The van der Waals surface area contributed by atoms with Gasteiger partial charge in [-0.1, -0.05) is 18.2 Å². The lowest BCUT2D eigenvalue weighted by Crippen LogP contribution is -2.17. The zero-order valence-electron chi connectivity index (χ0n) is 14.5. The largest absolute Gasteiger partial charge is 0.375 e. The van der Waals surface area contributed by atoms with Crippen molar-refractivity contribution in [2.45, 2.75) is 0 Å². The van der Waals surface area contributed by atoms with E-state index in [1.54, 1.807) is 42.5 Å². The van der Waals surface area contributed by atoms with Crippen LogP contribution in [0.25, 0.3) is 10.4 Å². The summed E-state index contributed by atoms with van der Waals surface area (Å²) in [6, 6.07) is 16.5. The van der Waals surface area contributed by atoms with Crippen molar-refractivity contribution in [3.63, 3.8) is 0 Å². The summed E-state index contributed by atoms with van der Waals surface area (Å²) in [5, 5.41) is 5.49. The van der Waals surface area contributed by atoms with Crippen LogP contribution >= 0.6 is 11.3 Å². The number of halogens is 1. The van der Waals surface area contributed by atoms with Gasteiger partial charge in [0.25, 0.3) is 5.91 Å². The van der Waals surface area contributed by atoms with E-state index in [0.717, 1.165) is 10.4 Å². The van der Waals surface area contributed by atoms with Gasteiger partial charge < -0.3 is 15.4 Å². The maximum atomic E-state index is 13.0. The van der Waals surface area contributed by atoms with Crippen molar-refractivity contribution < 1.29 is 18.7 Å². The molecule has 0 atom stereocenters. The predicted molar refractivity (Wildman–Crippen MR) is 105 cm³/mol. The lowest BCUT2D eigenvalue weighted by molar-refractivity contribution is -0.119. The molecule has 0 aliphatic carbocycles. The van der Waals surface area contributed by atoms with E-state index in [4.69, 9.17) is 4.74 Å². The molecule has 1 aromatic heterocycles. The van der Waals surface area contributed by atoms with Crippen LogP contribution in [0.5, 0.6) is 0 Å². The fraction of sp³-hybridized carbons (Fsp3) is 0.100. The quantitative estimate of drug-likeness (QED) is 0.662. The van der Waals surface area contributed by atoms with Crippen molar-refractivity contribution in [2.75, 3.05) is 24.4 Å². The fourth-order valence-corrected chi connectivity index (χ4v) is 3.33. The minimum atomic E-state index is -0.300. The third-order valence-corrected chi connectivity index (χ3v) is 4.77. The number of ether oxygens (including phenoxy) is 1. The molecule has 0 aliphatic rings.